The molecule has 3 aliphatic heterocycles. The number of piperazine rings is 1. The number of aliphatic carboxylic acids is 1. The molecule has 6 heterocycles. The van der Waals surface area contributed by atoms with E-state index in [9.17, 15) is 37.5 Å². The number of pyridine rings is 1. The number of rotatable bonds is 13. The molecule has 0 atom stereocenters. The molecule has 17 nitrogen and oxygen atoms in total. The Hall–Kier alpha value is -5.57. The van der Waals surface area contributed by atoms with Crippen LogP contribution < -0.4 is 26.8 Å². The smallest absolute Gasteiger partial charge is 0.435 e. The largest absolute Gasteiger partial charge is 0.544 e. The summed E-state index contributed by atoms with van der Waals surface area (Å²) in [6.07, 6.45) is 0.124. The molecule has 3 aliphatic rings. The third-order valence-corrected chi connectivity index (χ3v) is 11.8. The molecule has 60 heavy (non-hydrogen) atoms. The first-order valence-corrected chi connectivity index (χ1v) is 20.1. The Morgan fingerprint density at radius 2 is 1.70 bits per heavy atom. The van der Waals surface area contributed by atoms with E-state index in [0.29, 0.717) is 68.2 Å². The van der Waals surface area contributed by atoms with Crippen molar-refractivity contribution in [3.8, 4) is 17.1 Å². The number of nitrogens with zero attached hydrogens (tertiary/aromatic N) is 8. The Morgan fingerprint density at radius 1 is 1.00 bits per heavy atom. The van der Waals surface area contributed by atoms with Gasteiger partial charge in [0.05, 0.1) is 65.5 Å². The van der Waals surface area contributed by atoms with Gasteiger partial charge in [-0.05, 0) is 30.3 Å². The van der Waals surface area contributed by atoms with E-state index in [-0.39, 0.29) is 76.5 Å². The van der Waals surface area contributed by atoms with E-state index in [1.807, 2.05) is 0 Å². The van der Waals surface area contributed by atoms with Crippen LogP contribution in [0.1, 0.15) is 39.5 Å². The van der Waals surface area contributed by atoms with E-state index in [1.165, 1.54) is 48.3 Å². The molecule has 0 bridgehead atoms. The first-order chi connectivity index (χ1) is 28.6. The number of hydrogen-bond donors (Lipinski definition) is 4. The topological polar surface area (TPSA) is 208 Å². The van der Waals surface area contributed by atoms with Crippen molar-refractivity contribution in [1.29, 1.82) is 0 Å². The molecule has 3 aromatic heterocycles. The average Bonchev–Trinajstić information content (AvgIpc) is 3.83. The van der Waals surface area contributed by atoms with Crippen LogP contribution in [0.3, 0.4) is 0 Å². The summed E-state index contributed by atoms with van der Waals surface area (Å²) < 4.78 is 45.3. The highest BCUT2D eigenvalue weighted by Crippen LogP contribution is 2.37. The summed E-state index contributed by atoms with van der Waals surface area (Å²) in [6.45, 7) is 5.81. The summed E-state index contributed by atoms with van der Waals surface area (Å²) in [4.78, 5) is 63.7. The molecule has 3 amide bonds. The molecule has 4 aromatic rings. The predicted octanol–water partition coefficient (Wildman–Crippen LogP) is 1.44. The molecular weight excluding hydrogens is 809 g/mol. The van der Waals surface area contributed by atoms with E-state index in [0.717, 1.165) is 30.5 Å². The molecule has 3 fully saturated rings. The SMILES string of the molecule is Cn1c(-c2cn(-c3ccc(NCCN)cn3)nc2C(F)(F)F)cnc1C(=O)Nc1ccc(C(=O)N2CCN(C(=O)C3CC[N+](CC(=O)[O-])(CC4CNC4)CC3)CC2)c(Cl)c1. The van der Waals surface area contributed by atoms with Gasteiger partial charge in [-0.15, -0.1) is 0 Å². The van der Waals surface area contributed by atoms with Crippen molar-refractivity contribution in [2.45, 2.75) is 19.0 Å². The number of benzene rings is 1. The van der Waals surface area contributed by atoms with Crippen LogP contribution >= 0.6 is 11.6 Å². The monoisotopic (exact) mass is 854 g/mol. The van der Waals surface area contributed by atoms with Crippen LogP contribution in [0.25, 0.3) is 17.1 Å². The van der Waals surface area contributed by atoms with Crippen molar-refractivity contribution in [2.75, 3.05) is 89.2 Å². The maximum atomic E-state index is 14.2. The third-order valence-electron chi connectivity index (χ3n) is 11.5. The summed E-state index contributed by atoms with van der Waals surface area (Å²) in [5.41, 5.74) is 5.02. The molecule has 0 spiro atoms. The molecule has 0 saturated carbocycles. The number of nitrogens with two attached hydrogens (primary N) is 1. The highest BCUT2D eigenvalue weighted by atomic mass is 35.5. The molecule has 1 aromatic carbocycles. The Balaban J connectivity index is 0.954. The molecule has 21 heteroatoms. The first kappa shape index (κ1) is 42.6. The first-order valence-electron chi connectivity index (χ1n) is 19.7. The third kappa shape index (κ3) is 9.25. The summed E-state index contributed by atoms with van der Waals surface area (Å²) in [5.74, 6) is -1.98. The normalized spacial score (nSPS) is 19.8. The quantitative estimate of drug-likeness (QED) is 0.142. The van der Waals surface area contributed by atoms with Gasteiger partial charge in [0.25, 0.3) is 11.8 Å². The number of carboxylic acids is 1. The number of halogens is 4. The van der Waals surface area contributed by atoms with Gasteiger partial charge in [-0.1, -0.05) is 11.6 Å². The number of likely N-dealkylation sites (tertiary alicyclic amines) is 1. The molecule has 0 radical (unpaired) electrons. The lowest BCUT2D eigenvalue weighted by molar-refractivity contribution is -0.931. The van der Waals surface area contributed by atoms with E-state index in [1.54, 1.807) is 15.9 Å². The lowest BCUT2D eigenvalue weighted by Gasteiger charge is -2.47. The Bertz CT molecular complexity index is 2230. The highest BCUT2D eigenvalue weighted by molar-refractivity contribution is 6.34. The molecule has 5 N–H and O–H groups in total. The molecule has 7 rings (SSSR count). The van der Waals surface area contributed by atoms with Crippen LogP contribution in [0.5, 0.6) is 0 Å². The number of carbonyl (C=O) groups excluding carboxylic acids is 4. The maximum absolute atomic E-state index is 14.2. The van der Waals surface area contributed by atoms with Crippen LogP contribution in [0, 0.1) is 11.8 Å². The van der Waals surface area contributed by atoms with Gasteiger partial charge < -0.3 is 50.4 Å². The zero-order chi connectivity index (χ0) is 42.8. The number of anilines is 2. The van der Waals surface area contributed by atoms with Crippen molar-refractivity contribution in [2.24, 2.45) is 24.6 Å². The van der Waals surface area contributed by atoms with Crippen LogP contribution in [0.15, 0.2) is 48.9 Å². The van der Waals surface area contributed by atoms with Crippen LogP contribution in [0.2, 0.25) is 5.02 Å². The fourth-order valence-corrected chi connectivity index (χ4v) is 8.44. The number of quaternary nitrogens is 1. The van der Waals surface area contributed by atoms with Crippen LogP contribution in [-0.4, -0.2) is 141 Å². The number of nitrogens with one attached hydrogen (secondary N) is 3. The van der Waals surface area contributed by atoms with Crippen LogP contribution in [0.4, 0.5) is 24.5 Å². The Labute approximate surface area is 348 Å². The van der Waals surface area contributed by atoms with Gasteiger partial charge in [-0.25, -0.2) is 14.6 Å². The summed E-state index contributed by atoms with van der Waals surface area (Å²) in [6, 6.07) is 7.50. The van der Waals surface area contributed by atoms with Crippen molar-refractivity contribution in [3.63, 3.8) is 0 Å². The van der Waals surface area contributed by atoms with E-state index < -0.39 is 23.7 Å². The second kappa shape index (κ2) is 17.6. The average molecular weight is 855 g/mol. The lowest BCUT2D eigenvalue weighted by Crippen LogP contribution is -2.63. The minimum absolute atomic E-state index is 0.0166. The second-order valence-corrected chi connectivity index (χ2v) is 16.0. The number of aromatic nitrogens is 5. The van der Waals surface area contributed by atoms with Crippen molar-refractivity contribution < 1.29 is 41.9 Å². The van der Waals surface area contributed by atoms with Gasteiger partial charge in [0, 0.05) is 96.0 Å². The zero-order valence-electron chi connectivity index (χ0n) is 32.9. The fraction of sp³-hybridized carbons (Fsp3) is 0.462. The fourth-order valence-electron chi connectivity index (χ4n) is 8.18. The Kier molecular flexibility index (Phi) is 12.5. The van der Waals surface area contributed by atoms with E-state index >= 15 is 0 Å². The minimum atomic E-state index is -4.84. The standard InChI is InChI=1S/C39H46ClF3N12O5/c1-51-31(29-21-54(50-34(29)39(41,42)43)32-5-3-27(19-47-32)46-9-8-44)20-48-35(51)36(58)49-26-2-4-28(30(40)16-26)38(60)53-12-10-52(11-13-53)37(59)25-6-14-55(15-7-25,23-33(56)57)22-24-17-45-18-24/h2-5,16,19-21,24-25,45-46H,6-15,17-18,22-23,44H2,1H3,(H-,49,56,57,58,60). The van der Waals surface area contributed by atoms with Crippen molar-refractivity contribution >= 4 is 46.7 Å². The zero-order valence-corrected chi connectivity index (χ0v) is 33.6. The maximum Gasteiger partial charge on any atom is 0.435 e. The van der Waals surface area contributed by atoms with Gasteiger partial charge >= 0.3 is 6.18 Å². The summed E-state index contributed by atoms with van der Waals surface area (Å²) in [7, 11) is 1.40. The lowest BCUT2D eigenvalue weighted by atomic mass is 9.90. The Morgan fingerprint density at radius 3 is 2.30 bits per heavy atom. The molecule has 0 unspecified atom stereocenters. The van der Waals surface area contributed by atoms with E-state index in [2.05, 4.69) is 31.0 Å². The molecule has 3 saturated heterocycles. The number of carbonyl (C=O) groups is 4. The number of amides is 3. The second-order valence-electron chi connectivity index (χ2n) is 15.5. The van der Waals surface area contributed by atoms with Crippen LogP contribution in [-0.2, 0) is 22.8 Å². The van der Waals surface area contributed by atoms with Gasteiger partial charge in [0.15, 0.2) is 17.3 Å². The van der Waals surface area contributed by atoms with Crippen molar-refractivity contribution in [1.82, 2.24) is 39.4 Å². The van der Waals surface area contributed by atoms with E-state index in [4.69, 9.17) is 17.3 Å². The number of carboxylic acid groups (broad SMARTS) is 1. The number of alkyl halides is 3. The number of imidazole rings is 1. The highest BCUT2D eigenvalue weighted by Gasteiger charge is 2.42. The van der Waals surface area contributed by atoms with Crippen molar-refractivity contribution in [3.05, 3.63) is 71.0 Å². The van der Waals surface area contributed by atoms with Gasteiger partial charge in [-0.2, -0.15) is 18.3 Å². The predicted molar refractivity (Wildman–Crippen MR) is 212 cm³/mol. The molecule has 320 valence electrons. The number of hydrogen-bond acceptors (Lipinski definition) is 11. The summed E-state index contributed by atoms with van der Waals surface area (Å²) >= 11 is 6.55. The van der Waals surface area contributed by atoms with Gasteiger partial charge in [-0.3, -0.25) is 14.4 Å². The number of piperidine rings is 1. The summed E-state index contributed by atoms with van der Waals surface area (Å²) in [5, 5.41) is 24.3. The minimum Gasteiger partial charge on any atom is -0.544 e. The molecular formula is C39H46ClF3N12O5. The van der Waals surface area contributed by atoms with Gasteiger partial charge in [0.1, 0.15) is 6.54 Å². The van der Waals surface area contributed by atoms with Gasteiger partial charge in [0.2, 0.25) is 5.91 Å². The molecule has 0 aliphatic carbocycles.